The van der Waals surface area contributed by atoms with E-state index in [-0.39, 0.29) is 5.91 Å². The van der Waals surface area contributed by atoms with Gasteiger partial charge in [-0.25, -0.2) is 4.99 Å². The van der Waals surface area contributed by atoms with Gasteiger partial charge in [-0.2, -0.15) is 0 Å². The molecule has 0 aromatic heterocycles. The first kappa shape index (κ1) is 24.7. The van der Waals surface area contributed by atoms with Crippen molar-refractivity contribution in [3.8, 4) is 11.5 Å². The highest BCUT2D eigenvalue weighted by molar-refractivity contribution is 9.10. The molecule has 0 bridgehead atoms. The second-order valence-electron chi connectivity index (χ2n) is 7.35. The van der Waals surface area contributed by atoms with Crippen molar-refractivity contribution in [3.63, 3.8) is 0 Å². The van der Waals surface area contributed by atoms with E-state index in [2.05, 4.69) is 26.2 Å². The van der Waals surface area contributed by atoms with E-state index in [9.17, 15) is 4.79 Å². The maximum Gasteiger partial charge on any atom is 0.264 e. The third-order valence-corrected chi connectivity index (χ3v) is 7.29. The van der Waals surface area contributed by atoms with Crippen LogP contribution in [-0.2, 0) is 11.4 Å². The molecule has 34 heavy (non-hydrogen) atoms. The first-order valence-corrected chi connectivity index (χ1v) is 12.5. The van der Waals surface area contributed by atoms with Crippen molar-refractivity contribution in [3.05, 3.63) is 90.7 Å². The lowest BCUT2D eigenvalue weighted by molar-refractivity contribution is -0.115. The van der Waals surface area contributed by atoms with Crippen LogP contribution in [0.1, 0.15) is 16.7 Å². The molecule has 3 aromatic carbocycles. The molecular formula is C25H19BrCl2N2O3S. The summed E-state index contributed by atoms with van der Waals surface area (Å²) in [5, 5.41) is 3.90. The molecule has 0 radical (unpaired) electrons. The topological polar surface area (TPSA) is 59.9 Å². The fraction of sp³-hybridized carbons (Fsp3) is 0.120. The van der Waals surface area contributed by atoms with E-state index in [1.807, 2.05) is 43.3 Å². The number of carbonyl (C=O) groups excluding carboxylic acids is 1. The van der Waals surface area contributed by atoms with E-state index in [0.29, 0.717) is 43.9 Å². The van der Waals surface area contributed by atoms with Crippen LogP contribution >= 0.6 is 50.9 Å². The van der Waals surface area contributed by atoms with Gasteiger partial charge in [0.1, 0.15) is 6.61 Å². The molecule has 1 aliphatic heterocycles. The maximum atomic E-state index is 12.5. The number of carbonyl (C=O) groups is 1. The zero-order valence-electron chi connectivity index (χ0n) is 18.2. The summed E-state index contributed by atoms with van der Waals surface area (Å²) < 4.78 is 12.3. The lowest BCUT2D eigenvalue weighted by Gasteiger charge is -2.13. The molecule has 0 atom stereocenters. The van der Waals surface area contributed by atoms with Crippen molar-refractivity contribution in [1.82, 2.24) is 5.32 Å². The van der Waals surface area contributed by atoms with Crippen molar-refractivity contribution in [2.24, 2.45) is 4.99 Å². The number of benzene rings is 3. The van der Waals surface area contributed by atoms with Crippen LogP contribution in [0.15, 0.2) is 69.0 Å². The van der Waals surface area contributed by atoms with Gasteiger partial charge in [0, 0.05) is 4.47 Å². The Hall–Kier alpha value is -2.45. The number of hydrogen-bond donors (Lipinski definition) is 1. The summed E-state index contributed by atoms with van der Waals surface area (Å²) >= 11 is 17.0. The summed E-state index contributed by atoms with van der Waals surface area (Å²) in [4.78, 5) is 17.4. The molecule has 3 aromatic rings. The normalized spacial score (nSPS) is 15.6. The van der Waals surface area contributed by atoms with Gasteiger partial charge in [-0.15, -0.1) is 0 Å². The Kier molecular flexibility index (Phi) is 7.88. The summed E-state index contributed by atoms with van der Waals surface area (Å²) in [6, 6.07) is 17.0. The SMILES string of the molecule is COc1cc(/C=C2/SC(=Nc3cccc(Cl)c3Cl)NC2=O)c(Br)cc1OCc1ccc(C)cc1. The maximum absolute atomic E-state index is 12.5. The van der Waals surface area contributed by atoms with Crippen LogP contribution in [-0.4, -0.2) is 18.2 Å². The molecule has 9 heteroatoms. The molecule has 1 fully saturated rings. The average Bonchev–Trinajstić information content (AvgIpc) is 3.16. The van der Waals surface area contributed by atoms with Crippen molar-refractivity contribution >= 4 is 73.7 Å². The quantitative estimate of drug-likeness (QED) is 0.307. The second kappa shape index (κ2) is 10.9. The van der Waals surface area contributed by atoms with Crippen molar-refractivity contribution < 1.29 is 14.3 Å². The van der Waals surface area contributed by atoms with Crippen molar-refractivity contribution in [1.29, 1.82) is 0 Å². The molecule has 1 N–H and O–H groups in total. The summed E-state index contributed by atoms with van der Waals surface area (Å²) in [5.74, 6) is 0.899. The van der Waals surface area contributed by atoms with Crippen LogP contribution in [0.5, 0.6) is 11.5 Å². The van der Waals surface area contributed by atoms with Crippen LogP contribution < -0.4 is 14.8 Å². The average molecular weight is 578 g/mol. The van der Waals surface area contributed by atoms with Crippen LogP contribution in [0.2, 0.25) is 10.0 Å². The molecule has 4 rings (SSSR count). The van der Waals surface area contributed by atoms with Crippen LogP contribution in [0, 0.1) is 6.92 Å². The first-order valence-electron chi connectivity index (χ1n) is 10.1. The van der Waals surface area contributed by atoms with Crippen molar-refractivity contribution in [2.75, 3.05) is 7.11 Å². The second-order valence-corrected chi connectivity index (χ2v) is 10.0. The van der Waals surface area contributed by atoms with E-state index in [1.54, 1.807) is 31.4 Å². The molecule has 5 nitrogen and oxygen atoms in total. The third-order valence-electron chi connectivity index (χ3n) is 4.89. The third kappa shape index (κ3) is 5.78. The molecule has 0 unspecified atom stereocenters. The number of amidine groups is 1. The Labute approximate surface area is 220 Å². The highest BCUT2D eigenvalue weighted by Crippen LogP contribution is 2.38. The Morgan fingerprint density at radius 1 is 1.12 bits per heavy atom. The highest BCUT2D eigenvalue weighted by atomic mass is 79.9. The molecule has 174 valence electrons. The first-order chi connectivity index (χ1) is 16.3. The molecule has 1 saturated heterocycles. The Morgan fingerprint density at radius 3 is 2.62 bits per heavy atom. The van der Waals surface area contributed by atoms with Gasteiger partial charge in [-0.1, -0.05) is 75.0 Å². The van der Waals surface area contributed by atoms with Gasteiger partial charge in [-0.05, 0) is 60.2 Å². The Balaban J connectivity index is 1.55. The predicted molar refractivity (Wildman–Crippen MR) is 143 cm³/mol. The molecule has 0 saturated carbocycles. The van der Waals surface area contributed by atoms with Gasteiger partial charge in [0.05, 0.1) is 27.7 Å². The lowest BCUT2D eigenvalue weighted by atomic mass is 10.1. The molecule has 0 spiro atoms. The number of aryl methyl sites for hydroxylation is 1. The van der Waals surface area contributed by atoms with Crippen LogP contribution in [0.25, 0.3) is 6.08 Å². The number of methoxy groups -OCH3 is 1. The van der Waals surface area contributed by atoms with Crippen LogP contribution in [0.4, 0.5) is 5.69 Å². The van der Waals surface area contributed by atoms with Gasteiger partial charge in [0.2, 0.25) is 0 Å². The van der Waals surface area contributed by atoms with E-state index < -0.39 is 0 Å². The molecule has 0 aliphatic carbocycles. The standard InChI is InChI=1S/C25H19BrCl2N2O3S/c1-14-6-8-15(9-7-14)13-33-21-12-17(26)16(10-20(21)32-2)11-22-24(31)30-25(34-22)29-19-5-3-4-18(27)23(19)28/h3-12H,13H2,1-2H3,(H,29,30,31)/b22-11+. The number of amides is 1. The fourth-order valence-corrected chi connectivity index (χ4v) is 4.69. The molecule has 1 aliphatic rings. The zero-order chi connectivity index (χ0) is 24.2. The largest absolute Gasteiger partial charge is 0.493 e. The number of hydrogen-bond acceptors (Lipinski definition) is 5. The number of nitrogens with one attached hydrogen (secondary N) is 1. The molecule has 1 heterocycles. The summed E-state index contributed by atoms with van der Waals surface area (Å²) in [5.41, 5.74) is 3.50. The molecular weight excluding hydrogens is 559 g/mol. The minimum Gasteiger partial charge on any atom is -0.493 e. The van der Waals surface area contributed by atoms with Gasteiger partial charge < -0.3 is 14.8 Å². The lowest BCUT2D eigenvalue weighted by Crippen LogP contribution is -2.19. The number of halogens is 3. The van der Waals surface area contributed by atoms with E-state index >= 15 is 0 Å². The highest BCUT2D eigenvalue weighted by Gasteiger charge is 2.25. The molecule has 1 amide bonds. The Bertz CT molecular complexity index is 1310. The summed E-state index contributed by atoms with van der Waals surface area (Å²) in [7, 11) is 1.58. The Morgan fingerprint density at radius 2 is 1.88 bits per heavy atom. The number of aliphatic imine (C=N–C) groups is 1. The predicted octanol–water partition coefficient (Wildman–Crippen LogP) is 7.54. The van der Waals surface area contributed by atoms with E-state index in [0.717, 1.165) is 15.6 Å². The summed E-state index contributed by atoms with van der Waals surface area (Å²) in [6.07, 6.45) is 1.76. The van der Waals surface area contributed by atoms with Crippen molar-refractivity contribution in [2.45, 2.75) is 13.5 Å². The van der Waals surface area contributed by atoms with Gasteiger partial charge in [0.25, 0.3) is 5.91 Å². The monoisotopic (exact) mass is 576 g/mol. The minimum absolute atomic E-state index is 0.257. The minimum atomic E-state index is -0.257. The van der Waals surface area contributed by atoms with Gasteiger partial charge in [-0.3, -0.25) is 4.79 Å². The smallest absolute Gasteiger partial charge is 0.264 e. The van der Waals surface area contributed by atoms with Gasteiger partial charge >= 0.3 is 0 Å². The summed E-state index contributed by atoms with van der Waals surface area (Å²) in [6.45, 7) is 2.45. The fourth-order valence-electron chi connectivity index (χ4n) is 3.09. The number of thioether (sulfide) groups is 1. The van der Waals surface area contributed by atoms with E-state index in [1.165, 1.54) is 17.3 Å². The van der Waals surface area contributed by atoms with Gasteiger partial charge in [0.15, 0.2) is 16.7 Å². The number of rotatable bonds is 6. The van der Waals surface area contributed by atoms with Crippen LogP contribution in [0.3, 0.4) is 0 Å². The zero-order valence-corrected chi connectivity index (χ0v) is 22.1. The number of ether oxygens (including phenoxy) is 2. The van der Waals surface area contributed by atoms with E-state index in [4.69, 9.17) is 32.7 Å². The number of nitrogens with zero attached hydrogens (tertiary/aromatic N) is 1.